The van der Waals surface area contributed by atoms with E-state index in [-0.39, 0.29) is 9.26 Å². The van der Waals surface area contributed by atoms with Crippen LogP contribution in [0.4, 0.5) is 19.0 Å². The predicted molar refractivity (Wildman–Crippen MR) is 58.2 cm³/mol. The Morgan fingerprint density at radius 3 is 2.59 bits per heavy atom. The molecule has 0 aliphatic heterocycles. The zero-order chi connectivity index (χ0) is 13.2. The second-order valence-corrected chi connectivity index (χ2v) is 3.91. The first-order valence-corrected chi connectivity index (χ1v) is 5.12. The fourth-order valence-electron chi connectivity index (χ4n) is 0.987. The Bertz CT molecular complexity index is 452. The molecule has 94 valence electrons. The molecule has 1 heterocycles. The normalized spacial score (nSPS) is 11.4. The molecule has 0 bridgehead atoms. The van der Waals surface area contributed by atoms with E-state index < -0.39 is 29.4 Å². The minimum atomic E-state index is -4.90. The average molecular weight is 363 g/mol. The number of alkyl halides is 3. The number of pyridine rings is 1. The molecule has 0 spiro atoms. The summed E-state index contributed by atoms with van der Waals surface area (Å²) in [5.41, 5.74) is 4.83. The van der Waals surface area contributed by atoms with Crippen LogP contribution in [0.3, 0.4) is 0 Å². The summed E-state index contributed by atoms with van der Waals surface area (Å²) in [6.45, 7) is -0.400. The van der Waals surface area contributed by atoms with E-state index in [9.17, 15) is 23.3 Å². The second kappa shape index (κ2) is 5.00. The molecule has 0 amide bonds. The van der Waals surface area contributed by atoms with Gasteiger partial charge in [-0.3, -0.25) is 0 Å². The van der Waals surface area contributed by atoms with Crippen LogP contribution in [0.5, 0.6) is 5.75 Å². The van der Waals surface area contributed by atoms with Crippen molar-refractivity contribution in [2.45, 2.75) is 12.9 Å². The molecule has 0 saturated carbocycles. The van der Waals surface area contributed by atoms with E-state index >= 15 is 0 Å². The van der Waals surface area contributed by atoms with Crippen LogP contribution in [-0.4, -0.2) is 16.3 Å². The summed E-state index contributed by atoms with van der Waals surface area (Å²) in [5.74, 6) is -1.18. The van der Waals surface area contributed by atoms with Gasteiger partial charge in [0.15, 0.2) is 5.75 Å². The molecule has 2 N–H and O–H groups in total. The Hall–Kier alpha value is -1.17. The number of aromatic nitrogens is 1. The molecule has 1 rings (SSSR count). The number of hydrogen-bond acceptors (Lipinski definition) is 5. The molecule has 0 aliphatic carbocycles. The zero-order valence-corrected chi connectivity index (χ0v) is 10.2. The number of rotatable bonds is 3. The first-order chi connectivity index (χ1) is 7.74. The van der Waals surface area contributed by atoms with E-state index in [1.807, 2.05) is 0 Å². The summed E-state index contributed by atoms with van der Waals surface area (Å²) in [4.78, 5) is 13.1. The number of ether oxygens (including phenoxy) is 1. The predicted octanol–water partition coefficient (Wildman–Crippen LogP) is 1.95. The van der Waals surface area contributed by atoms with Gasteiger partial charge in [0.05, 0.1) is 6.54 Å². The van der Waals surface area contributed by atoms with Crippen LogP contribution >= 0.6 is 22.6 Å². The van der Waals surface area contributed by atoms with Crippen LogP contribution in [0, 0.1) is 13.7 Å². The van der Waals surface area contributed by atoms with E-state index in [1.54, 1.807) is 0 Å². The Balaban J connectivity index is 3.24. The van der Waals surface area contributed by atoms with Gasteiger partial charge >= 0.3 is 12.2 Å². The molecule has 0 fully saturated rings. The minimum Gasteiger partial charge on any atom is -0.401 e. The highest BCUT2D eigenvalue weighted by Gasteiger charge is 2.34. The summed E-state index contributed by atoms with van der Waals surface area (Å²) in [6, 6.07) is 0.876. The number of hydrogen-bond donors (Lipinski definition) is 1. The van der Waals surface area contributed by atoms with Crippen LogP contribution in [0.2, 0.25) is 0 Å². The van der Waals surface area contributed by atoms with Gasteiger partial charge < -0.3 is 20.6 Å². The Morgan fingerprint density at radius 1 is 1.59 bits per heavy atom. The number of nitro groups is 1. The van der Waals surface area contributed by atoms with E-state index in [4.69, 9.17) is 5.73 Å². The van der Waals surface area contributed by atoms with Crippen molar-refractivity contribution in [3.8, 4) is 5.75 Å². The van der Waals surface area contributed by atoms with Crippen molar-refractivity contribution in [2.75, 3.05) is 0 Å². The van der Waals surface area contributed by atoms with Crippen molar-refractivity contribution in [1.82, 2.24) is 4.98 Å². The maximum Gasteiger partial charge on any atom is 0.573 e. The fraction of sp³-hybridized carbons (Fsp3) is 0.286. The zero-order valence-electron chi connectivity index (χ0n) is 7.99. The molecule has 0 atom stereocenters. The van der Waals surface area contributed by atoms with Crippen molar-refractivity contribution in [1.29, 1.82) is 0 Å². The molecule has 10 heteroatoms. The number of nitrogens with zero attached hydrogens (tertiary/aromatic N) is 2. The third kappa shape index (κ3) is 3.66. The monoisotopic (exact) mass is 363 g/mol. The van der Waals surface area contributed by atoms with Gasteiger partial charge in [0.25, 0.3) is 0 Å². The highest BCUT2D eigenvalue weighted by molar-refractivity contribution is 14.1. The van der Waals surface area contributed by atoms with Gasteiger partial charge in [0.2, 0.25) is 5.69 Å². The van der Waals surface area contributed by atoms with Gasteiger partial charge in [0, 0.05) is 6.07 Å². The summed E-state index contributed by atoms with van der Waals surface area (Å²) < 4.78 is 39.7. The lowest BCUT2D eigenvalue weighted by molar-refractivity contribution is -0.390. The summed E-state index contributed by atoms with van der Waals surface area (Å²) in [6.07, 6.45) is -4.90. The molecule has 6 nitrogen and oxygen atoms in total. The first-order valence-electron chi connectivity index (χ1n) is 4.04. The van der Waals surface area contributed by atoms with Crippen LogP contribution in [0.15, 0.2) is 6.07 Å². The summed E-state index contributed by atoms with van der Waals surface area (Å²) >= 11 is 1.49. The molecule has 0 radical (unpaired) electrons. The lowest BCUT2D eigenvalue weighted by Crippen LogP contribution is -2.19. The van der Waals surface area contributed by atoms with Gasteiger partial charge in [-0.1, -0.05) is 0 Å². The molecule has 1 aromatic rings. The van der Waals surface area contributed by atoms with Crippen LogP contribution < -0.4 is 10.5 Å². The molecule has 1 aromatic heterocycles. The molecule has 0 aliphatic rings. The van der Waals surface area contributed by atoms with Crippen molar-refractivity contribution in [3.63, 3.8) is 0 Å². The summed E-state index contributed by atoms with van der Waals surface area (Å²) in [5, 5.41) is 10.5. The summed E-state index contributed by atoms with van der Waals surface area (Å²) in [7, 11) is 0. The minimum absolute atomic E-state index is 0.0657. The molecule has 0 unspecified atom stereocenters. The highest BCUT2D eigenvalue weighted by atomic mass is 127. The van der Waals surface area contributed by atoms with Crippen molar-refractivity contribution < 1.29 is 22.8 Å². The number of nitrogens with two attached hydrogens (primary N) is 1. The Labute approximate surface area is 106 Å². The maximum atomic E-state index is 12.0. The molecular weight excluding hydrogens is 358 g/mol. The lowest BCUT2D eigenvalue weighted by atomic mass is 10.3. The SMILES string of the molecule is NCc1nc([N+](=O)[O-])c(I)cc1OC(F)(F)F. The fourth-order valence-corrected chi connectivity index (χ4v) is 1.59. The van der Waals surface area contributed by atoms with Crippen LogP contribution in [0.25, 0.3) is 0 Å². The van der Waals surface area contributed by atoms with E-state index in [0.717, 1.165) is 6.07 Å². The van der Waals surface area contributed by atoms with Crippen molar-refractivity contribution in [2.24, 2.45) is 5.73 Å². The maximum absolute atomic E-state index is 12.0. The van der Waals surface area contributed by atoms with Crippen LogP contribution in [-0.2, 0) is 6.54 Å². The van der Waals surface area contributed by atoms with Gasteiger partial charge in [-0.25, -0.2) is 0 Å². The van der Waals surface area contributed by atoms with Gasteiger partial charge in [-0.2, -0.15) is 0 Å². The van der Waals surface area contributed by atoms with E-state index in [1.165, 1.54) is 22.6 Å². The largest absolute Gasteiger partial charge is 0.573 e. The first kappa shape index (κ1) is 13.9. The standard InChI is InChI=1S/C7H5F3IN3O3/c8-7(9,10)17-5-1-3(11)6(14(15)16)13-4(5)2-12/h1H,2,12H2. The lowest BCUT2D eigenvalue weighted by Gasteiger charge is -2.10. The van der Waals surface area contributed by atoms with Gasteiger partial charge in [-0.05, 0) is 32.5 Å². The quantitative estimate of drug-likeness (QED) is 0.504. The molecule has 0 saturated heterocycles. The van der Waals surface area contributed by atoms with Crippen molar-refractivity contribution in [3.05, 3.63) is 25.4 Å². The third-order valence-electron chi connectivity index (χ3n) is 1.59. The van der Waals surface area contributed by atoms with E-state index in [0.29, 0.717) is 0 Å². The average Bonchev–Trinajstić information content (AvgIpc) is 2.14. The molecule has 17 heavy (non-hydrogen) atoms. The highest BCUT2D eigenvalue weighted by Crippen LogP contribution is 2.30. The number of halogens is 4. The smallest absolute Gasteiger partial charge is 0.401 e. The third-order valence-corrected chi connectivity index (χ3v) is 2.38. The topological polar surface area (TPSA) is 91.3 Å². The Kier molecular flexibility index (Phi) is 4.08. The second-order valence-electron chi connectivity index (χ2n) is 2.75. The van der Waals surface area contributed by atoms with Crippen LogP contribution in [0.1, 0.15) is 5.69 Å². The van der Waals surface area contributed by atoms with Gasteiger partial charge in [0.1, 0.15) is 3.57 Å². The molecular formula is C7H5F3IN3O3. The van der Waals surface area contributed by atoms with Gasteiger partial charge in [-0.15, -0.1) is 13.2 Å². The van der Waals surface area contributed by atoms with Crippen molar-refractivity contribution >= 4 is 28.4 Å². The Morgan fingerprint density at radius 2 is 2.18 bits per heavy atom. The molecule has 0 aromatic carbocycles. The van der Waals surface area contributed by atoms with E-state index in [2.05, 4.69) is 9.72 Å².